The van der Waals surface area contributed by atoms with Gasteiger partial charge in [-0.15, -0.1) is 0 Å². The summed E-state index contributed by atoms with van der Waals surface area (Å²) in [6, 6.07) is 0.885. The molecule has 1 aromatic heterocycles. The second-order valence-electron chi connectivity index (χ2n) is 4.46. The minimum atomic E-state index is 0.202. The van der Waals surface area contributed by atoms with Crippen molar-refractivity contribution in [2.45, 2.75) is 45.6 Å². The van der Waals surface area contributed by atoms with Gasteiger partial charge in [-0.05, 0) is 37.3 Å². The lowest BCUT2D eigenvalue weighted by atomic mass is 10.4. The summed E-state index contributed by atoms with van der Waals surface area (Å²) >= 11 is 5.93. The highest BCUT2D eigenvalue weighted by molar-refractivity contribution is 6.28. The quantitative estimate of drug-likeness (QED) is 0.762. The van der Waals surface area contributed by atoms with E-state index in [1.165, 1.54) is 12.8 Å². The van der Waals surface area contributed by atoms with Gasteiger partial charge in [-0.3, -0.25) is 0 Å². The molecule has 0 bridgehead atoms. The van der Waals surface area contributed by atoms with Crippen LogP contribution in [-0.4, -0.2) is 34.1 Å². The van der Waals surface area contributed by atoms with E-state index in [1.807, 2.05) is 6.92 Å². The number of nitrogens with zero attached hydrogens (tertiary/aromatic N) is 4. The van der Waals surface area contributed by atoms with Gasteiger partial charge < -0.3 is 9.64 Å². The van der Waals surface area contributed by atoms with Crippen molar-refractivity contribution in [3.63, 3.8) is 0 Å². The molecule has 1 fully saturated rings. The maximum Gasteiger partial charge on any atom is 0.322 e. The lowest BCUT2D eigenvalue weighted by molar-refractivity contribution is 0.291. The summed E-state index contributed by atoms with van der Waals surface area (Å²) in [5.74, 6) is 0.644. The van der Waals surface area contributed by atoms with Gasteiger partial charge in [-0.2, -0.15) is 15.0 Å². The molecule has 1 heterocycles. The highest BCUT2D eigenvalue weighted by Crippen LogP contribution is 2.30. The predicted molar refractivity (Wildman–Crippen MR) is 71.3 cm³/mol. The maximum atomic E-state index is 5.93. The van der Waals surface area contributed by atoms with E-state index in [0.717, 1.165) is 19.4 Å². The largest absolute Gasteiger partial charge is 0.463 e. The third kappa shape index (κ3) is 3.45. The van der Waals surface area contributed by atoms with E-state index in [-0.39, 0.29) is 5.28 Å². The van der Waals surface area contributed by atoms with Gasteiger partial charge in [0.25, 0.3) is 0 Å². The van der Waals surface area contributed by atoms with Crippen LogP contribution in [0.2, 0.25) is 5.28 Å². The molecule has 0 atom stereocenters. The highest BCUT2D eigenvalue weighted by Gasteiger charge is 2.30. The Morgan fingerprint density at radius 3 is 2.61 bits per heavy atom. The van der Waals surface area contributed by atoms with Crippen LogP contribution in [0.5, 0.6) is 6.01 Å². The smallest absolute Gasteiger partial charge is 0.322 e. The Kier molecular flexibility index (Phi) is 4.58. The van der Waals surface area contributed by atoms with E-state index >= 15 is 0 Å². The second-order valence-corrected chi connectivity index (χ2v) is 4.80. The molecule has 1 aliphatic carbocycles. The number of aromatic nitrogens is 3. The van der Waals surface area contributed by atoms with Crippen LogP contribution in [-0.2, 0) is 0 Å². The summed E-state index contributed by atoms with van der Waals surface area (Å²) in [4.78, 5) is 14.7. The molecule has 6 heteroatoms. The summed E-state index contributed by atoms with van der Waals surface area (Å²) in [6.45, 7) is 5.72. The Balaban J connectivity index is 2.16. The van der Waals surface area contributed by atoms with Crippen molar-refractivity contribution in [2.75, 3.05) is 18.1 Å². The molecule has 0 saturated heterocycles. The lowest BCUT2D eigenvalue weighted by Crippen LogP contribution is -2.28. The normalized spacial score (nSPS) is 14.6. The maximum absolute atomic E-state index is 5.93. The van der Waals surface area contributed by atoms with Gasteiger partial charge in [-0.25, -0.2) is 0 Å². The molecule has 2 rings (SSSR count). The Morgan fingerprint density at radius 1 is 1.22 bits per heavy atom. The van der Waals surface area contributed by atoms with Gasteiger partial charge in [0.2, 0.25) is 11.2 Å². The Bertz CT molecular complexity index is 398. The van der Waals surface area contributed by atoms with Gasteiger partial charge in [0.1, 0.15) is 0 Å². The van der Waals surface area contributed by atoms with Crippen LogP contribution in [0.3, 0.4) is 0 Å². The van der Waals surface area contributed by atoms with Crippen molar-refractivity contribution in [1.29, 1.82) is 0 Å². The lowest BCUT2D eigenvalue weighted by Gasteiger charge is -2.21. The molecule has 18 heavy (non-hydrogen) atoms. The molecule has 1 aliphatic rings. The molecule has 1 saturated carbocycles. The predicted octanol–water partition coefficient (Wildman–Crippen LogP) is 2.69. The molecule has 0 aromatic carbocycles. The van der Waals surface area contributed by atoms with Crippen LogP contribution in [0.4, 0.5) is 5.95 Å². The van der Waals surface area contributed by atoms with Gasteiger partial charge in [0.15, 0.2) is 0 Å². The van der Waals surface area contributed by atoms with Crippen molar-refractivity contribution < 1.29 is 4.74 Å². The van der Waals surface area contributed by atoms with Gasteiger partial charge in [0.05, 0.1) is 6.61 Å². The minimum Gasteiger partial charge on any atom is -0.463 e. The van der Waals surface area contributed by atoms with Crippen LogP contribution < -0.4 is 9.64 Å². The first kappa shape index (κ1) is 13.3. The number of anilines is 1. The van der Waals surface area contributed by atoms with E-state index in [2.05, 4.69) is 26.8 Å². The number of ether oxygens (including phenoxy) is 1. The van der Waals surface area contributed by atoms with Crippen LogP contribution >= 0.6 is 11.6 Å². The zero-order valence-corrected chi connectivity index (χ0v) is 11.7. The summed E-state index contributed by atoms with van der Waals surface area (Å²) < 4.78 is 5.43. The molecule has 0 spiro atoms. The fourth-order valence-corrected chi connectivity index (χ4v) is 1.93. The van der Waals surface area contributed by atoms with Crippen molar-refractivity contribution in [2.24, 2.45) is 0 Å². The molecule has 0 aliphatic heterocycles. The Hall–Kier alpha value is -1.10. The number of halogens is 1. The first-order chi connectivity index (χ1) is 8.74. The summed E-state index contributed by atoms with van der Waals surface area (Å²) in [5, 5.41) is 0.202. The number of rotatable bonds is 7. The molecule has 1 aromatic rings. The number of hydrogen-bond donors (Lipinski definition) is 0. The van der Waals surface area contributed by atoms with Crippen LogP contribution in [0.25, 0.3) is 0 Å². The zero-order valence-electron chi connectivity index (χ0n) is 10.9. The SMILES string of the molecule is CCCOc1nc(Cl)nc(N(CCC)C2CC2)n1. The van der Waals surface area contributed by atoms with E-state index in [1.54, 1.807) is 0 Å². The topological polar surface area (TPSA) is 51.1 Å². The molecule has 100 valence electrons. The van der Waals surface area contributed by atoms with Crippen LogP contribution in [0.1, 0.15) is 39.5 Å². The van der Waals surface area contributed by atoms with Crippen molar-refractivity contribution >= 4 is 17.5 Å². The van der Waals surface area contributed by atoms with Crippen molar-refractivity contribution in [1.82, 2.24) is 15.0 Å². The fraction of sp³-hybridized carbons (Fsp3) is 0.750. The molecular weight excluding hydrogens is 252 g/mol. The first-order valence-corrected chi connectivity index (χ1v) is 6.93. The van der Waals surface area contributed by atoms with Crippen LogP contribution in [0, 0.1) is 0 Å². The molecule has 0 radical (unpaired) electrons. The van der Waals surface area contributed by atoms with Crippen molar-refractivity contribution in [3.05, 3.63) is 5.28 Å². The van der Waals surface area contributed by atoms with Gasteiger partial charge >= 0.3 is 6.01 Å². The zero-order chi connectivity index (χ0) is 13.0. The van der Waals surface area contributed by atoms with Gasteiger partial charge in [-0.1, -0.05) is 13.8 Å². The number of hydrogen-bond acceptors (Lipinski definition) is 5. The minimum absolute atomic E-state index is 0.202. The Morgan fingerprint density at radius 2 is 2.00 bits per heavy atom. The highest BCUT2D eigenvalue weighted by atomic mass is 35.5. The fourth-order valence-electron chi connectivity index (χ4n) is 1.78. The Labute approximate surface area is 113 Å². The summed E-state index contributed by atoms with van der Waals surface area (Å²) in [7, 11) is 0. The first-order valence-electron chi connectivity index (χ1n) is 6.55. The third-order valence-electron chi connectivity index (χ3n) is 2.72. The summed E-state index contributed by atoms with van der Waals surface area (Å²) in [6.07, 6.45) is 4.38. The van der Waals surface area contributed by atoms with E-state index in [0.29, 0.717) is 24.6 Å². The van der Waals surface area contributed by atoms with Crippen molar-refractivity contribution in [3.8, 4) is 6.01 Å². The van der Waals surface area contributed by atoms with Crippen LogP contribution in [0.15, 0.2) is 0 Å². The standard InChI is InChI=1S/C12H19ClN4O/c1-3-7-17(9-5-6-9)11-14-10(13)15-12(16-11)18-8-4-2/h9H,3-8H2,1-2H3. The average molecular weight is 271 g/mol. The monoisotopic (exact) mass is 270 g/mol. The van der Waals surface area contributed by atoms with E-state index < -0.39 is 0 Å². The second kappa shape index (κ2) is 6.18. The molecule has 0 unspecified atom stereocenters. The van der Waals surface area contributed by atoms with Gasteiger partial charge in [0, 0.05) is 12.6 Å². The molecular formula is C12H19ClN4O. The molecule has 0 N–H and O–H groups in total. The van der Waals surface area contributed by atoms with E-state index in [9.17, 15) is 0 Å². The average Bonchev–Trinajstić information content (AvgIpc) is 3.17. The summed E-state index contributed by atoms with van der Waals surface area (Å²) in [5.41, 5.74) is 0. The third-order valence-corrected chi connectivity index (χ3v) is 2.89. The molecule has 0 amide bonds. The van der Waals surface area contributed by atoms with E-state index in [4.69, 9.17) is 16.3 Å². The molecule has 5 nitrogen and oxygen atoms in total.